The van der Waals surface area contributed by atoms with Crippen LogP contribution in [0, 0.1) is 0 Å². The Morgan fingerprint density at radius 1 is 1.26 bits per heavy atom. The van der Waals surface area contributed by atoms with Gasteiger partial charge in [-0.2, -0.15) is 11.8 Å². The number of carbonyl (C=O) groups excluding carboxylic acids is 4. The number of hydrogen-bond acceptors (Lipinski definition) is 8. The van der Waals surface area contributed by atoms with E-state index in [9.17, 15) is 29.1 Å². The van der Waals surface area contributed by atoms with Crippen LogP contribution in [-0.2, 0) is 30.4 Å². The summed E-state index contributed by atoms with van der Waals surface area (Å²) in [5.41, 5.74) is 11.5. The number of hydrogen-bond donors (Lipinski definition) is 6. The molecule has 0 aromatic carbocycles. The molecule has 1 aromatic rings. The lowest BCUT2D eigenvalue weighted by atomic mass is 10.1. The van der Waals surface area contributed by atoms with E-state index in [4.69, 9.17) is 11.5 Å². The van der Waals surface area contributed by atoms with Gasteiger partial charge in [0.25, 0.3) is 0 Å². The van der Waals surface area contributed by atoms with E-state index in [1.165, 1.54) is 29.2 Å². The van der Waals surface area contributed by atoms with Crippen LogP contribution in [0.2, 0.25) is 0 Å². The number of aliphatic carboxylic acids is 1. The molecule has 0 spiro atoms. The number of carboxylic acid groups (broad SMARTS) is 1. The summed E-state index contributed by atoms with van der Waals surface area (Å²) in [6.45, 7) is 0.300. The molecule has 0 bridgehead atoms. The number of H-pyrrole nitrogens is 1. The molecule has 1 saturated heterocycles. The SMILES string of the molecule is CSCCC(NC(=O)C(N)CCC(N)=O)C(=O)N1CCCC1C(=O)NC(Cc1cnc[nH]1)C(=O)O. The van der Waals surface area contributed by atoms with Gasteiger partial charge < -0.3 is 37.1 Å². The van der Waals surface area contributed by atoms with Crippen molar-refractivity contribution in [2.75, 3.05) is 18.6 Å². The molecular weight excluding hydrogens is 478 g/mol. The van der Waals surface area contributed by atoms with Gasteiger partial charge in [0.15, 0.2) is 0 Å². The summed E-state index contributed by atoms with van der Waals surface area (Å²) in [5, 5.41) is 14.7. The first-order valence-corrected chi connectivity index (χ1v) is 12.7. The van der Waals surface area contributed by atoms with Gasteiger partial charge in [0.05, 0.1) is 12.4 Å². The Morgan fingerprint density at radius 2 is 2.00 bits per heavy atom. The molecule has 1 aliphatic rings. The highest BCUT2D eigenvalue weighted by molar-refractivity contribution is 7.98. The van der Waals surface area contributed by atoms with Crippen LogP contribution in [0.4, 0.5) is 0 Å². The molecule has 1 aliphatic heterocycles. The van der Waals surface area contributed by atoms with Crippen LogP contribution in [0.1, 0.15) is 37.8 Å². The molecule has 4 unspecified atom stereocenters. The summed E-state index contributed by atoms with van der Waals surface area (Å²) in [7, 11) is 0. The number of primary amides is 1. The first kappa shape index (κ1) is 28.1. The van der Waals surface area contributed by atoms with Crippen LogP contribution in [-0.4, -0.2) is 92.3 Å². The van der Waals surface area contributed by atoms with Crippen molar-refractivity contribution in [1.82, 2.24) is 25.5 Å². The monoisotopic (exact) mass is 511 g/mol. The lowest BCUT2D eigenvalue weighted by molar-refractivity contribution is -0.145. The van der Waals surface area contributed by atoms with E-state index in [0.717, 1.165) is 0 Å². The minimum absolute atomic E-state index is 0.0112. The first-order chi connectivity index (χ1) is 16.6. The Bertz CT molecular complexity index is 897. The Kier molecular flexibility index (Phi) is 11.0. The van der Waals surface area contributed by atoms with Crippen LogP contribution in [0.15, 0.2) is 12.5 Å². The van der Waals surface area contributed by atoms with Crippen LogP contribution in [0.3, 0.4) is 0 Å². The van der Waals surface area contributed by atoms with E-state index in [2.05, 4.69) is 20.6 Å². The molecule has 4 amide bonds. The van der Waals surface area contributed by atoms with Gasteiger partial charge in [0.2, 0.25) is 23.6 Å². The highest BCUT2D eigenvalue weighted by atomic mass is 32.2. The fourth-order valence-corrected chi connectivity index (χ4v) is 4.26. The molecule has 194 valence electrons. The Balaban J connectivity index is 2.07. The standard InChI is InChI=1S/C21H33N7O6S/c1-35-8-6-14(26-18(30)13(22)4-5-17(23)29)20(32)28-7-2-3-16(28)19(31)27-15(21(33)34)9-12-10-24-11-25-12/h10-11,13-16H,2-9,22H2,1H3,(H2,23,29)(H,24,25)(H,26,30)(H,27,31)(H,33,34). The molecular formula is C21H33N7O6S. The molecule has 14 heteroatoms. The van der Waals surface area contributed by atoms with Gasteiger partial charge in [-0.1, -0.05) is 0 Å². The third-order valence-electron chi connectivity index (χ3n) is 5.70. The molecule has 0 saturated carbocycles. The number of aromatic amines is 1. The molecule has 0 radical (unpaired) electrons. The van der Waals surface area contributed by atoms with E-state index in [0.29, 0.717) is 37.3 Å². The van der Waals surface area contributed by atoms with Crippen molar-refractivity contribution in [3.8, 4) is 0 Å². The molecule has 1 fully saturated rings. The number of rotatable bonds is 14. The van der Waals surface area contributed by atoms with Crippen LogP contribution < -0.4 is 22.1 Å². The van der Waals surface area contributed by atoms with Gasteiger partial charge >= 0.3 is 5.97 Å². The number of carbonyl (C=O) groups is 5. The number of nitrogens with two attached hydrogens (primary N) is 2. The maximum absolute atomic E-state index is 13.3. The highest BCUT2D eigenvalue weighted by Crippen LogP contribution is 2.20. The van der Waals surface area contributed by atoms with Crippen molar-refractivity contribution in [3.63, 3.8) is 0 Å². The van der Waals surface area contributed by atoms with E-state index >= 15 is 0 Å². The third-order valence-corrected chi connectivity index (χ3v) is 6.34. The van der Waals surface area contributed by atoms with E-state index in [-0.39, 0.29) is 19.3 Å². The Hall–Kier alpha value is -3.13. The average Bonchev–Trinajstić information content (AvgIpc) is 3.51. The zero-order valence-corrected chi connectivity index (χ0v) is 20.4. The number of likely N-dealkylation sites (tertiary alicyclic amines) is 1. The topological polar surface area (TPSA) is 214 Å². The maximum atomic E-state index is 13.3. The molecule has 0 aliphatic carbocycles. The Labute approximate surface area is 207 Å². The van der Waals surface area contributed by atoms with Crippen molar-refractivity contribution < 1.29 is 29.1 Å². The second-order valence-corrected chi connectivity index (χ2v) is 9.31. The number of nitrogens with zero attached hydrogens (tertiary/aromatic N) is 2. The van der Waals surface area contributed by atoms with E-state index in [1.807, 2.05) is 6.26 Å². The molecule has 13 nitrogen and oxygen atoms in total. The van der Waals surface area contributed by atoms with Crippen molar-refractivity contribution in [1.29, 1.82) is 0 Å². The molecule has 4 atom stereocenters. The number of nitrogens with one attached hydrogen (secondary N) is 3. The number of thioether (sulfide) groups is 1. The number of amides is 4. The Morgan fingerprint density at radius 3 is 2.60 bits per heavy atom. The van der Waals surface area contributed by atoms with Gasteiger partial charge in [-0.3, -0.25) is 19.2 Å². The number of aromatic nitrogens is 2. The smallest absolute Gasteiger partial charge is 0.326 e. The van der Waals surface area contributed by atoms with Crippen LogP contribution in [0.25, 0.3) is 0 Å². The van der Waals surface area contributed by atoms with Gasteiger partial charge in [0, 0.05) is 31.3 Å². The predicted molar refractivity (Wildman–Crippen MR) is 128 cm³/mol. The second kappa shape index (κ2) is 13.7. The van der Waals surface area contributed by atoms with Crippen LogP contribution >= 0.6 is 11.8 Å². The van der Waals surface area contributed by atoms with Crippen molar-refractivity contribution in [2.24, 2.45) is 11.5 Å². The lowest BCUT2D eigenvalue weighted by Crippen LogP contribution is -2.57. The van der Waals surface area contributed by atoms with Gasteiger partial charge in [0.1, 0.15) is 18.1 Å². The fraction of sp³-hybridized carbons (Fsp3) is 0.619. The quantitative estimate of drug-likeness (QED) is 0.168. The third kappa shape index (κ3) is 8.55. The normalized spacial score (nSPS) is 17.9. The minimum Gasteiger partial charge on any atom is -0.480 e. The fourth-order valence-electron chi connectivity index (χ4n) is 3.79. The zero-order valence-electron chi connectivity index (χ0n) is 19.6. The summed E-state index contributed by atoms with van der Waals surface area (Å²) in [6.07, 6.45) is 5.99. The molecule has 2 rings (SSSR count). The van der Waals surface area contributed by atoms with E-state index in [1.54, 1.807) is 0 Å². The van der Waals surface area contributed by atoms with Crippen molar-refractivity contribution in [3.05, 3.63) is 18.2 Å². The van der Waals surface area contributed by atoms with E-state index < -0.39 is 53.8 Å². The second-order valence-electron chi connectivity index (χ2n) is 8.32. The summed E-state index contributed by atoms with van der Waals surface area (Å²) in [5.74, 6) is -2.82. The average molecular weight is 512 g/mol. The van der Waals surface area contributed by atoms with Crippen molar-refractivity contribution in [2.45, 2.75) is 62.7 Å². The molecule has 8 N–H and O–H groups in total. The largest absolute Gasteiger partial charge is 0.480 e. The maximum Gasteiger partial charge on any atom is 0.326 e. The lowest BCUT2D eigenvalue weighted by Gasteiger charge is -2.30. The molecule has 35 heavy (non-hydrogen) atoms. The van der Waals surface area contributed by atoms with Gasteiger partial charge in [-0.05, 0) is 37.7 Å². The number of imidazole rings is 1. The van der Waals surface area contributed by atoms with Crippen molar-refractivity contribution >= 4 is 41.4 Å². The van der Waals surface area contributed by atoms with Crippen LogP contribution in [0.5, 0.6) is 0 Å². The number of carboxylic acids is 1. The summed E-state index contributed by atoms with van der Waals surface area (Å²) < 4.78 is 0. The van der Waals surface area contributed by atoms with Gasteiger partial charge in [-0.25, -0.2) is 9.78 Å². The summed E-state index contributed by atoms with van der Waals surface area (Å²) in [6, 6.07) is -3.98. The molecule has 2 heterocycles. The zero-order chi connectivity index (χ0) is 26.0. The highest BCUT2D eigenvalue weighted by Gasteiger charge is 2.39. The van der Waals surface area contributed by atoms with Gasteiger partial charge in [-0.15, -0.1) is 0 Å². The predicted octanol–water partition coefficient (Wildman–Crippen LogP) is -1.66. The first-order valence-electron chi connectivity index (χ1n) is 11.3. The minimum atomic E-state index is -1.21. The summed E-state index contributed by atoms with van der Waals surface area (Å²) in [4.78, 5) is 69.5. The molecule has 1 aromatic heterocycles. The summed E-state index contributed by atoms with van der Waals surface area (Å²) >= 11 is 1.49.